The van der Waals surface area contributed by atoms with Crippen LogP contribution in [0.15, 0.2) is 39.5 Å². The quantitative estimate of drug-likeness (QED) is 0.247. The van der Waals surface area contributed by atoms with Crippen molar-refractivity contribution in [1.82, 2.24) is 0 Å². The zero-order chi connectivity index (χ0) is 23.3. The first kappa shape index (κ1) is 21.9. The molecule has 11 heteroatoms. The molecule has 2 heterocycles. The Balaban J connectivity index is 1.97. The molecule has 0 radical (unpaired) electrons. The van der Waals surface area contributed by atoms with Crippen molar-refractivity contribution in [2.45, 2.75) is 30.5 Å². The molecule has 1 aliphatic heterocycles. The molecule has 0 unspecified atom stereocenters. The highest BCUT2D eigenvalue weighted by molar-refractivity contribution is 5.89. The number of phenols is 4. The second-order valence-corrected chi connectivity index (χ2v) is 7.46. The van der Waals surface area contributed by atoms with Gasteiger partial charge in [-0.1, -0.05) is 0 Å². The Bertz CT molecular complexity index is 1230. The molecule has 170 valence electrons. The highest BCUT2D eigenvalue weighted by Crippen LogP contribution is 2.44. The molecule has 8 N–H and O–H groups in total. The van der Waals surface area contributed by atoms with Crippen molar-refractivity contribution in [3.63, 3.8) is 0 Å². The largest absolute Gasteiger partial charge is 0.507 e. The lowest BCUT2D eigenvalue weighted by Crippen LogP contribution is -2.55. The van der Waals surface area contributed by atoms with Crippen molar-refractivity contribution >= 4 is 11.0 Å². The third-order valence-corrected chi connectivity index (χ3v) is 5.43. The average Bonchev–Trinajstić information content (AvgIpc) is 2.74. The van der Waals surface area contributed by atoms with E-state index in [0.717, 1.165) is 24.3 Å². The van der Waals surface area contributed by atoms with E-state index in [-0.39, 0.29) is 27.9 Å². The lowest BCUT2D eigenvalue weighted by molar-refractivity contribution is -0.231. The smallest absolute Gasteiger partial charge is 0.197 e. The first-order chi connectivity index (χ1) is 15.1. The second-order valence-electron chi connectivity index (χ2n) is 7.46. The Labute approximate surface area is 179 Å². The van der Waals surface area contributed by atoms with Gasteiger partial charge in [0.05, 0.1) is 12.2 Å². The fraction of sp³-hybridized carbons (Fsp3) is 0.286. The Morgan fingerprint density at radius 1 is 0.812 bits per heavy atom. The zero-order valence-electron chi connectivity index (χ0n) is 16.3. The first-order valence-corrected chi connectivity index (χ1v) is 9.49. The molecule has 5 atom stereocenters. The summed E-state index contributed by atoms with van der Waals surface area (Å²) in [6.45, 7) is -0.722. The molecular formula is C21H20O11. The molecule has 0 saturated carbocycles. The number of aliphatic hydroxyl groups is 4. The minimum Gasteiger partial charge on any atom is -0.507 e. The Hall–Kier alpha value is -3.35. The van der Waals surface area contributed by atoms with Gasteiger partial charge >= 0.3 is 0 Å². The number of benzene rings is 2. The normalized spacial score (nSPS) is 25.8. The van der Waals surface area contributed by atoms with Gasteiger partial charge in [-0.15, -0.1) is 0 Å². The van der Waals surface area contributed by atoms with Gasteiger partial charge in [0, 0.05) is 17.7 Å². The van der Waals surface area contributed by atoms with Crippen LogP contribution < -0.4 is 5.43 Å². The third kappa shape index (κ3) is 3.42. The number of ether oxygens (including phenoxy) is 1. The maximum Gasteiger partial charge on any atom is 0.197 e. The van der Waals surface area contributed by atoms with E-state index >= 15 is 0 Å². The summed E-state index contributed by atoms with van der Waals surface area (Å²) < 4.78 is 11.2. The molecule has 0 bridgehead atoms. The van der Waals surface area contributed by atoms with E-state index in [0.29, 0.717) is 0 Å². The van der Waals surface area contributed by atoms with Crippen LogP contribution in [-0.2, 0) is 4.74 Å². The van der Waals surface area contributed by atoms with Crippen molar-refractivity contribution in [2.75, 3.05) is 6.61 Å². The van der Waals surface area contributed by atoms with Crippen LogP contribution in [0.3, 0.4) is 0 Å². The number of aromatic hydroxyl groups is 4. The second kappa shape index (κ2) is 7.97. The Kier molecular flexibility index (Phi) is 5.44. The van der Waals surface area contributed by atoms with Crippen molar-refractivity contribution in [3.8, 4) is 34.3 Å². The van der Waals surface area contributed by atoms with Crippen LogP contribution in [0, 0.1) is 0 Å². The van der Waals surface area contributed by atoms with Gasteiger partial charge in [0.25, 0.3) is 0 Å². The monoisotopic (exact) mass is 448 g/mol. The van der Waals surface area contributed by atoms with Crippen LogP contribution >= 0.6 is 0 Å². The van der Waals surface area contributed by atoms with E-state index in [9.17, 15) is 45.6 Å². The minimum atomic E-state index is -1.79. The molecule has 4 rings (SSSR count). The van der Waals surface area contributed by atoms with E-state index in [1.807, 2.05) is 0 Å². The molecular weight excluding hydrogens is 428 g/mol. The fourth-order valence-electron chi connectivity index (χ4n) is 3.76. The zero-order valence-corrected chi connectivity index (χ0v) is 16.3. The van der Waals surface area contributed by atoms with E-state index in [4.69, 9.17) is 9.15 Å². The van der Waals surface area contributed by atoms with E-state index in [1.165, 1.54) is 6.07 Å². The van der Waals surface area contributed by atoms with Crippen molar-refractivity contribution in [3.05, 3.63) is 46.1 Å². The molecule has 1 aliphatic rings. The van der Waals surface area contributed by atoms with Crippen LogP contribution in [0.25, 0.3) is 22.3 Å². The number of rotatable bonds is 3. The third-order valence-electron chi connectivity index (χ3n) is 5.43. The van der Waals surface area contributed by atoms with E-state index in [1.54, 1.807) is 0 Å². The van der Waals surface area contributed by atoms with Gasteiger partial charge in [-0.05, 0) is 18.2 Å². The highest BCUT2D eigenvalue weighted by Gasteiger charge is 2.46. The van der Waals surface area contributed by atoms with Crippen LogP contribution in [0.1, 0.15) is 11.7 Å². The summed E-state index contributed by atoms with van der Waals surface area (Å²) in [7, 11) is 0. The predicted molar refractivity (Wildman–Crippen MR) is 107 cm³/mol. The standard InChI is InChI=1S/C21H20O11/c22-6-14-17(28)18(29)19(30)21(32-14)16-11(26)4-10(25)15-12(27)5-13(31-20(15)16)7-1-2-8(23)9(24)3-7/h1-5,14,17-19,21-26,28-30H,6H2/t14-,17+,18+,19-,21+/m1/s1. The van der Waals surface area contributed by atoms with Crippen molar-refractivity contribution in [2.24, 2.45) is 0 Å². The number of aliphatic hydroxyl groups excluding tert-OH is 4. The molecule has 1 aromatic heterocycles. The summed E-state index contributed by atoms with van der Waals surface area (Å²) in [5.41, 5.74) is -1.27. The maximum atomic E-state index is 12.8. The van der Waals surface area contributed by atoms with Gasteiger partial charge < -0.3 is 50.0 Å². The van der Waals surface area contributed by atoms with Gasteiger partial charge in [-0.25, -0.2) is 0 Å². The van der Waals surface area contributed by atoms with Crippen LogP contribution in [0.5, 0.6) is 23.0 Å². The molecule has 0 aliphatic carbocycles. The summed E-state index contributed by atoms with van der Waals surface area (Å²) >= 11 is 0. The minimum absolute atomic E-state index is 0.117. The molecule has 1 saturated heterocycles. The predicted octanol–water partition coefficient (Wildman–Crippen LogP) is -0.203. The summed E-state index contributed by atoms with van der Waals surface area (Å²) in [6.07, 6.45) is -8.07. The van der Waals surface area contributed by atoms with Crippen LogP contribution in [0.4, 0.5) is 0 Å². The summed E-state index contributed by atoms with van der Waals surface area (Å²) in [5, 5.41) is 79.7. The number of phenolic OH excluding ortho intramolecular Hbond substituents is 4. The van der Waals surface area contributed by atoms with E-state index < -0.39 is 65.6 Å². The van der Waals surface area contributed by atoms with Crippen molar-refractivity contribution in [1.29, 1.82) is 0 Å². The molecule has 1 fully saturated rings. The highest BCUT2D eigenvalue weighted by atomic mass is 16.5. The van der Waals surface area contributed by atoms with Gasteiger partial charge in [-0.2, -0.15) is 0 Å². The molecule has 0 spiro atoms. The van der Waals surface area contributed by atoms with Gasteiger partial charge in [-0.3, -0.25) is 4.79 Å². The van der Waals surface area contributed by atoms with Gasteiger partial charge in [0.2, 0.25) is 0 Å². The van der Waals surface area contributed by atoms with Crippen molar-refractivity contribution < 1.29 is 50.0 Å². The van der Waals surface area contributed by atoms with E-state index in [2.05, 4.69) is 0 Å². The SMILES string of the molecule is O=c1cc(-c2ccc(O)c(O)c2)oc2c([C@@H]3O[C@H](CO)[C@H](O)[C@H](O)[C@H]3O)c(O)cc(O)c12. The molecule has 32 heavy (non-hydrogen) atoms. The summed E-state index contributed by atoms with van der Waals surface area (Å²) in [5.74, 6) is -2.28. The number of hydrogen-bond acceptors (Lipinski definition) is 11. The summed E-state index contributed by atoms with van der Waals surface area (Å²) in [6, 6.07) is 5.47. The molecule has 2 aromatic carbocycles. The topological polar surface area (TPSA) is 201 Å². The summed E-state index contributed by atoms with van der Waals surface area (Å²) in [4.78, 5) is 12.8. The molecule has 0 amide bonds. The average molecular weight is 448 g/mol. The lowest BCUT2D eigenvalue weighted by atomic mass is 9.89. The number of fused-ring (bicyclic) bond motifs is 1. The Morgan fingerprint density at radius 2 is 1.53 bits per heavy atom. The van der Waals surface area contributed by atoms with Gasteiger partial charge in [0.1, 0.15) is 53.2 Å². The molecule has 3 aromatic rings. The fourth-order valence-corrected chi connectivity index (χ4v) is 3.76. The van der Waals surface area contributed by atoms with Crippen LogP contribution in [0.2, 0.25) is 0 Å². The molecule has 11 nitrogen and oxygen atoms in total. The maximum absolute atomic E-state index is 12.8. The van der Waals surface area contributed by atoms with Gasteiger partial charge in [0.15, 0.2) is 22.5 Å². The van der Waals surface area contributed by atoms with Crippen LogP contribution in [-0.4, -0.2) is 71.9 Å². The number of hydrogen-bond donors (Lipinski definition) is 8. The first-order valence-electron chi connectivity index (χ1n) is 9.49. The Morgan fingerprint density at radius 3 is 2.19 bits per heavy atom. The lowest BCUT2D eigenvalue weighted by Gasteiger charge is -2.40.